The molecular weight excluding hydrogens is 404 g/mol. The lowest BCUT2D eigenvalue weighted by atomic mass is 9.79. The van der Waals surface area contributed by atoms with E-state index in [-0.39, 0.29) is 10.4 Å². The maximum absolute atomic E-state index is 15.1. The van der Waals surface area contributed by atoms with Crippen LogP contribution in [0.4, 0.5) is 4.39 Å². The molecule has 0 N–H and O–H groups in total. The van der Waals surface area contributed by atoms with E-state index in [4.69, 9.17) is 9.31 Å². The molecule has 1 saturated heterocycles. The highest BCUT2D eigenvalue weighted by Gasteiger charge is 2.52. The van der Waals surface area contributed by atoms with Crippen LogP contribution >= 0.6 is 0 Å². The summed E-state index contributed by atoms with van der Waals surface area (Å²) in [6, 6.07) is 9.58. The summed E-state index contributed by atoms with van der Waals surface area (Å²) in [5.74, 6) is -0.608. The second kappa shape index (κ2) is 6.67. The molecule has 4 rings (SSSR count). The van der Waals surface area contributed by atoms with Crippen molar-refractivity contribution >= 4 is 33.5 Å². The van der Waals surface area contributed by atoms with Crippen molar-refractivity contribution in [3.05, 3.63) is 59.5 Å². The molecule has 8 heteroatoms. The van der Waals surface area contributed by atoms with Crippen LogP contribution in [-0.4, -0.2) is 30.7 Å². The summed E-state index contributed by atoms with van der Waals surface area (Å²) >= 11 is 0. The standard InChI is InChI=1S/C22H25BFNO4S/c1-14-7-9-16(10-8-14)30(26,27)25-13-18(17-11-15(2)12-19(24)20(17)25)23-28-21(3,4)22(5,6)29-23/h7-13H,1-6H3. The van der Waals surface area contributed by atoms with Crippen molar-refractivity contribution in [2.45, 2.75) is 57.6 Å². The third-order valence-corrected chi connectivity index (χ3v) is 7.75. The number of aryl methyl sites for hydroxylation is 2. The van der Waals surface area contributed by atoms with Crippen LogP contribution in [0.2, 0.25) is 0 Å². The van der Waals surface area contributed by atoms with Gasteiger partial charge >= 0.3 is 7.12 Å². The van der Waals surface area contributed by atoms with Gasteiger partial charge in [-0.15, -0.1) is 0 Å². The molecule has 1 aliphatic heterocycles. The summed E-state index contributed by atoms with van der Waals surface area (Å²) in [5.41, 5.74) is 0.885. The lowest BCUT2D eigenvalue weighted by Crippen LogP contribution is -2.41. The first-order valence-corrected chi connectivity index (χ1v) is 11.3. The highest BCUT2D eigenvalue weighted by Crippen LogP contribution is 2.37. The van der Waals surface area contributed by atoms with Crippen LogP contribution in [0, 0.1) is 19.7 Å². The number of nitrogens with zero attached hydrogens (tertiary/aromatic N) is 1. The fourth-order valence-corrected chi connectivity index (χ4v) is 5.00. The van der Waals surface area contributed by atoms with Gasteiger partial charge in [-0.05, 0) is 71.4 Å². The molecule has 158 valence electrons. The fourth-order valence-electron chi connectivity index (χ4n) is 3.61. The smallest absolute Gasteiger partial charge is 0.399 e. The molecule has 0 aliphatic carbocycles. The molecule has 0 spiro atoms. The second-order valence-corrected chi connectivity index (χ2v) is 10.7. The molecule has 0 saturated carbocycles. The molecule has 2 heterocycles. The zero-order valence-electron chi connectivity index (χ0n) is 18.0. The summed E-state index contributed by atoms with van der Waals surface area (Å²) in [6.07, 6.45) is 1.42. The Balaban J connectivity index is 1.96. The van der Waals surface area contributed by atoms with Crippen molar-refractivity contribution in [2.24, 2.45) is 0 Å². The van der Waals surface area contributed by atoms with E-state index < -0.39 is 34.2 Å². The van der Waals surface area contributed by atoms with Crippen molar-refractivity contribution < 1.29 is 22.1 Å². The molecule has 1 aromatic heterocycles. The Hall–Kier alpha value is -2.16. The number of rotatable bonds is 3. The largest absolute Gasteiger partial charge is 0.497 e. The Morgan fingerprint density at radius 2 is 1.50 bits per heavy atom. The Morgan fingerprint density at radius 3 is 2.07 bits per heavy atom. The Kier molecular flexibility index (Phi) is 4.69. The van der Waals surface area contributed by atoms with Gasteiger partial charge in [0.1, 0.15) is 5.82 Å². The molecule has 30 heavy (non-hydrogen) atoms. The van der Waals surface area contributed by atoms with Crippen LogP contribution in [0.3, 0.4) is 0 Å². The molecule has 0 bridgehead atoms. The van der Waals surface area contributed by atoms with Gasteiger partial charge in [0.2, 0.25) is 0 Å². The monoisotopic (exact) mass is 429 g/mol. The van der Waals surface area contributed by atoms with Crippen LogP contribution in [0.15, 0.2) is 47.5 Å². The number of hydrogen-bond acceptors (Lipinski definition) is 4. The van der Waals surface area contributed by atoms with Gasteiger partial charge in [-0.1, -0.05) is 17.7 Å². The minimum absolute atomic E-state index is 0.00844. The lowest BCUT2D eigenvalue weighted by molar-refractivity contribution is 0.00578. The number of hydrogen-bond donors (Lipinski definition) is 0. The van der Waals surface area contributed by atoms with Crippen molar-refractivity contribution in [1.82, 2.24) is 3.97 Å². The summed E-state index contributed by atoms with van der Waals surface area (Å²) in [6.45, 7) is 11.3. The van der Waals surface area contributed by atoms with E-state index in [1.165, 1.54) is 24.4 Å². The fraction of sp³-hybridized carbons (Fsp3) is 0.364. The quantitative estimate of drug-likeness (QED) is 0.592. The van der Waals surface area contributed by atoms with E-state index in [9.17, 15) is 8.42 Å². The number of aromatic nitrogens is 1. The van der Waals surface area contributed by atoms with Gasteiger partial charge in [0, 0.05) is 17.0 Å². The van der Waals surface area contributed by atoms with Crippen molar-refractivity contribution in [3.8, 4) is 0 Å². The maximum Gasteiger partial charge on any atom is 0.497 e. The minimum Gasteiger partial charge on any atom is -0.399 e. The molecule has 0 amide bonds. The summed E-state index contributed by atoms with van der Waals surface area (Å²) in [4.78, 5) is 0.0884. The van der Waals surface area contributed by atoms with E-state index in [1.54, 1.807) is 25.1 Å². The van der Waals surface area contributed by atoms with Gasteiger partial charge in [0.25, 0.3) is 10.0 Å². The third kappa shape index (κ3) is 3.18. The molecule has 0 radical (unpaired) electrons. The van der Waals surface area contributed by atoms with Crippen LogP contribution < -0.4 is 5.46 Å². The van der Waals surface area contributed by atoms with Crippen molar-refractivity contribution in [3.63, 3.8) is 0 Å². The molecule has 1 aliphatic rings. The maximum atomic E-state index is 15.1. The first-order chi connectivity index (χ1) is 13.8. The topological polar surface area (TPSA) is 57.5 Å². The normalized spacial score (nSPS) is 18.3. The van der Waals surface area contributed by atoms with Crippen LogP contribution in [0.5, 0.6) is 0 Å². The molecule has 0 atom stereocenters. The lowest BCUT2D eigenvalue weighted by Gasteiger charge is -2.32. The van der Waals surface area contributed by atoms with Crippen molar-refractivity contribution in [1.29, 1.82) is 0 Å². The Morgan fingerprint density at radius 1 is 0.933 bits per heavy atom. The van der Waals surface area contributed by atoms with Crippen LogP contribution in [0.25, 0.3) is 10.9 Å². The number of fused-ring (bicyclic) bond motifs is 1. The highest BCUT2D eigenvalue weighted by molar-refractivity contribution is 7.90. The third-order valence-electron chi connectivity index (χ3n) is 6.08. The van der Waals surface area contributed by atoms with E-state index in [0.717, 1.165) is 9.54 Å². The van der Waals surface area contributed by atoms with Gasteiger partial charge in [-0.2, -0.15) is 0 Å². The summed E-state index contributed by atoms with van der Waals surface area (Å²) in [5, 5.41) is 0.460. The highest BCUT2D eigenvalue weighted by atomic mass is 32.2. The first-order valence-electron chi connectivity index (χ1n) is 9.82. The molecular formula is C22H25BFNO4S. The molecule has 2 aromatic carbocycles. The summed E-state index contributed by atoms with van der Waals surface area (Å²) < 4.78 is 55.1. The van der Waals surface area contributed by atoms with Gasteiger partial charge in [0.05, 0.1) is 21.6 Å². The average Bonchev–Trinajstić information content (AvgIpc) is 3.10. The Labute approximate surface area is 177 Å². The van der Waals surface area contributed by atoms with E-state index in [1.807, 2.05) is 34.6 Å². The van der Waals surface area contributed by atoms with Crippen LogP contribution in [0.1, 0.15) is 38.8 Å². The second-order valence-electron chi connectivity index (χ2n) is 8.93. The van der Waals surface area contributed by atoms with Gasteiger partial charge in [-0.25, -0.2) is 16.8 Å². The Bertz CT molecular complexity index is 1230. The first kappa shape index (κ1) is 21.1. The average molecular weight is 429 g/mol. The number of benzene rings is 2. The van der Waals surface area contributed by atoms with Crippen molar-refractivity contribution in [2.75, 3.05) is 0 Å². The zero-order chi connectivity index (χ0) is 22.1. The predicted molar refractivity (Wildman–Crippen MR) is 116 cm³/mol. The number of halogens is 1. The predicted octanol–water partition coefficient (Wildman–Crippen LogP) is 3.93. The van der Waals surface area contributed by atoms with E-state index in [0.29, 0.717) is 16.4 Å². The summed E-state index contributed by atoms with van der Waals surface area (Å²) in [7, 11) is -4.83. The SMILES string of the molecule is Cc1ccc(S(=O)(=O)n2cc(B3OC(C)(C)C(C)(C)O3)c3cc(C)cc(F)c32)cc1. The van der Waals surface area contributed by atoms with Gasteiger partial charge in [-0.3, -0.25) is 0 Å². The molecule has 0 unspecified atom stereocenters. The van der Waals surface area contributed by atoms with E-state index >= 15 is 4.39 Å². The van der Waals surface area contributed by atoms with Gasteiger partial charge in [0.15, 0.2) is 0 Å². The molecule has 1 fully saturated rings. The molecule has 3 aromatic rings. The van der Waals surface area contributed by atoms with Gasteiger partial charge < -0.3 is 9.31 Å². The minimum atomic E-state index is -4.02. The molecule has 5 nitrogen and oxygen atoms in total. The van der Waals surface area contributed by atoms with Crippen LogP contribution in [-0.2, 0) is 19.3 Å². The zero-order valence-corrected chi connectivity index (χ0v) is 18.8. The van der Waals surface area contributed by atoms with E-state index in [2.05, 4.69) is 0 Å².